The van der Waals surface area contributed by atoms with Crippen molar-refractivity contribution >= 4 is 31.5 Å². The summed E-state index contributed by atoms with van der Waals surface area (Å²) in [5.41, 5.74) is -0.0325. The standard InChI is InChI=1S/C13H8OS/c14-13-9-5-1-3-7-11(9)15-12-8-4-2-6-10(12)13/h1-8H/i5D. The Balaban J connectivity index is 2.67. The lowest BCUT2D eigenvalue weighted by Gasteiger charge is -1.99. The third-order valence-corrected chi connectivity index (χ3v) is 3.53. The molecule has 0 amide bonds. The summed E-state index contributed by atoms with van der Waals surface area (Å²) in [5.74, 6) is 0. The molecule has 0 fully saturated rings. The predicted octanol–water partition coefficient (Wildman–Crippen LogP) is 3.41. The van der Waals surface area contributed by atoms with Gasteiger partial charge >= 0.3 is 0 Å². The van der Waals surface area contributed by atoms with Gasteiger partial charge in [0.2, 0.25) is 0 Å². The highest BCUT2D eigenvalue weighted by atomic mass is 32.1. The number of benzene rings is 2. The van der Waals surface area contributed by atoms with Crippen LogP contribution in [0.25, 0.3) is 20.2 Å². The van der Waals surface area contributed by atoms with Crippen LogP contribution >= 0.6 is 11.3 Å². The van der Waals surface area contributed by atoms with Crippen molar-refractivity contribution in [3.63, 3.8) is 0 Å². The highest BCUT2D eigenvalue weighted by molar-refractivity contribution is 7.24. The van der Waals surface area contributed by atoms with Crippen LogP contribution in [0.3, 0.4) is 0 Å². The minimum atomic E-state index is -0.0325. The predicted molar refractivity (Wildman–Crippen MR) is 65.6 cm³/mol. The quantitative estimate of drug-likeness (QED) is 0.523. The van der Waals surface area contributed by atoms with Crippen molar-refractivity contribution in [1.82, 2.24) is 0 Å². The number of hydrogen-bond acceptors (Lipinski definition) is 2. The zero-order valence-electron chi connectivity index (χ0n) is 8.86. The monoisotopic (exact) mass is 213 g/mol. The largest absolute Gasteiger partial charge is 0.289 e. The Labute approximate surface area is 92.0 Å². The number of fused-ring (bicyclic) bond motifs is 2. The van der Waals surface area contributed by atoms with Gasteiger partial charge in [0.15, 0.2) is 5.43 Å². The second kappa shape index (κ2) is 3.17. The van der Waals surface area contributed by atoms with Crippen molar-refractivity contribution in [1.29, 1.82) is 0 Å². The molecule has 0 bridgehead atoms. The van der Waals surface area contributed by atoms with E-state index in [0.29, 0.717) is 16.8 Å². The Morgan fingerprint density at radius 2 is 1.60 bits per heavy atom. The van der Waals surface area contributed by atoms with E-state index in [-0.39, 0.29) is 5.43 Å². The van der Waals surface area contributed by atoms with Crippen LogP contribution in [0, 0.1) is 0 Å². The van der Waals surface area contributed by atoms with Crippen LogP contribution in [0.2, 0.25) is 0 Å². The fourth-order valence-electron chi connectivity index (χ4n) is 1.68. The summed E-state index contributed by atoms with van der Waals surface area (Å²) in [6, 6.07) is 13.2. The van der Waals surface area contributed by atoms with Crippen LogP contribution in [0.1, 0.15) is 1.37 Å². The fraction of sp³-hybridized carbons (Fsp3) is 0. The molecule has 0 radical (unpaired) electrons. The lowest BCUT2D eigenvalue weighted by atomic mass is 10.2. The van der Waals surface area contributed by atoms with E-state index in [4.69, 9.17) is 1.37 Å². The van der Waals surface area contributed by atoms with E-state index in [2.05, 4.69) is 0 Å². The molecule has 3 rings (SSSR count). The molecule has 2 heteroatoms. The molecule has 0 aliphatic carbocycles. The minimum Gasteiger partial charge on any atom is -0.289 e. The topological polar surface area (TPSA) is 17.1 Å². The molecule has 15 heavy (non-hydrogen) atoms. The third-order valence-electron chi connectivity index (χ3n) is 2.40. The Bertz CT molecular complexity index is 746. The van der Waals surface area contributed by atoms with Gasteiger partial charge in [-0.15, -0.1) is 11.3 Å². The Kier molecular flexibility index (Phi) is 1.61. The SMILES string of the molecule is [2H]c1cccc2sc3ccccc3c(=O)c12. The summed E-state index contributed by atoms with van der Waals surface area (Å²) in [7, 11) is 0. The van der Waals surface area contributed by atoms with Gasteiger partial charge in [-0.3, -0.25) is 4.79 Å². The molecule has 0 spiro atoms. The van der Waals surface area contributed by atoms with Gasteiger partial charge in [-0.1, -0.05) is 24.3 Å². The van der Waals surface area contributed by atoms with Crippen molar-refractivity contribution < 1.29 is 1.37 Å². The first-order valence-corrected chi connectivity index (χ1v) is 5.50. The molecule has 2 aromatic carbocycles. The molecule has 1 heterocycles. The summed E-state index contributed by atoms with van der Waals surface area (Å²) in [5, 5.41) is 1.24. The summed E-state index contributed by atoms with van der Waals surface area (Å²) in [4.78, 5) is 12.2. The van der Waals surface area contributed by atoms with E-state index in [9.17, 15) is 4.79 Å². The second-order valence-electron chi connectivity index (χ2n) is 3.34. The highest BCUT2D eigenvalue weighted by Crippen LogP contribution is 2.23. The van der Waals surface area contributed by atoms with E-state index in [1.54, 1.807) is 17.4 Å². The van der Waals surface area contributed by atoms with Crippen LogP contribution in [0.4, 0.5) is 0 Å². The molecule has 0 aliphatic heterocycles. The van der Waals surface area contributed by atoms with Gasteiger partial charge in [0.1, 0.15) is 0 Å². The average Bonchev–Trinajstić information content (AvgIpc) is 2.29. The van der Waals surface area contributed by atoms with Gasteiger partial charge < -0.3 is 0 Å². The zero-order valence-corrected chi connectivity index (χ0v) is 8.67. The second-order valence-corrected chi connectivity index (χ2v) is 4.42. The van der Waals surface area contributed by atoms with Gasteiger partial charge in [0.05, 0.1) is 1.37 Å². The molecule has 0 N–H and O–H groups in total. The van der Waals surface area contributed by atoms with Crippen molar-refractivity contribution in [2.45, 2.75) is 0 Å². The van der Waals surface area contributed by atoms with Crippen molar-refractivity contribution in [3.8, 4) is 0 Å². The Hall–Kier alpha value is -1.67. The van der Waals surface area contributed by atoms with Crippen LogP contribution in [-0.2, 0) is 0 Å². The van der Waals surface area contributed by atoms with Crippen molar-refractivity contribution in [2.75, 3.05) is 0 Å². The first kappa shape index (κ1) is 7.60. The zero-order chi connectivity index (χ0) is 11.1. The van der Waals surface area contributed by atoms with Crippen molar-refractivity contribution in [2.24, 2.45) is 0 Å². The van der Waals surface area contributed by atoms with E-state index in [1.165, 1.54) is 0 Å². The molecule has 0 aliphatic rings. The van der Waals surface area contributed by atoms with Crippen LogP contribution < -0.4 is 5.43 Å². The lowest BCUT2D eigenvalue weighted by Crippen LogP contribution is -1.99. The summed E-state index contributed by atoms with van der Waals surface area (Å²) in [6.45, 7) is 0. The smallest absolute Gasteiger partial charge is 0.195 e. The summed E-state index contributed by atoms with van der Waals surface area (Å²) in [6.07, 6.45) is 0. The maximum Gasteiger partial charge on any atom is 0.195 e. The molecule has 0 atom stereocenters. The van der Waals surface area contributed by atoms with E-state index in [0.717, 1.165) is 9.40 Å². The molecular formula is C13H8OS. The van der Waals surface area contributed by atoms with Crippen LogP contribution in [0.15, 0.2) is 53.3 Å². The normalized spacial score (nSPS) is 11.9. The van der Waals surface area contributed by atoms with Gasteiger partial charge in [-0.25, -0.2) is 0 Å². The average molecular weight is 213 g/mol. The molecule has 72 valence electrons. The maximum atomic E-state index is 12.2. The molecule has 1 aromatic heterocycles. The van der Waals surface area contributed by atoms with E-state index >= 15 is 0 Å². The summed E-state index contributed by atoms with van der Waals surface area (Å²) < 4.78 is 9.65. The van der Waals surface area contributed by atoms with Crippen molar-refractivity contribution in [3.05, 3.63) is 58.7 Å². The van der Waals surface area contributed by atoms with Crippen LogP contribution in [0.5, 0.6) is 0 Å². The van der Waals surface area contributed by atoms with E-state index in [1.807, 2.05) is 36.4 Å². The Morgan fingerprint density at radius 1 is 0.933 bits per heavy atom. The van der Waals surface area contributed by atoms with Gasteiger partial charge in [0.25, 0.3) is 0 Å². The first-order chi connectivity index (χ1) is 7.77. The molecule has 0 unspecified atom stereocenters. The summed E-state index contributed by atoms with van der Waals surface area (Å²) >= 11 is 1.56. The van der Waals surface area contributed by atoms with Gasteiger partial charge in [-0.05, 0) is 24.2 Å². The molecule has 3 aromatic rings. The van der Waals surface area contributed by atoms with Gasteiger partial charge in [0, 0.05) is 20.2 Å². The fourth-order valence-corrected chi connectivity index (χ4v) is 2.73. The number of rotatable bonds is 0. The lowest BCUT2D eigenvalue weighted by molar-refractivity contribution is 1.75. The molecule has 0 saturated carbocycles. The number of hydrogen-bond donors (Lipinski definition) is 0. The highest BCUT2D eigenvalue weighted by Gasteiger charge is 2.03. The minimum absolute atomic E-state index is 0.0325. The maximum absolute atomic E-state index is 12.2. The first-order valence-electron chi connectivity index (χ1n) is 5.18. The molecule has 0 saturated heterocycles. The third kappa shape index (κ3) is 1.26. The van der Waals surface area contributed by atoms with Gasteiger partial charge in [-0.2, -0.15) is 0 Å². The molecule has 1 nitrogen and oxygen atoms in total. The Morgan fingerprint density at radius 3 is 2.47 bits per heavy atom. The molecular weight excluding hydrogens is 204 g/mol. The van der Waals surface area contributed by atoms with Crippen LogP contribution in [-0.4, -0.2) is 0 Å². The van der Waals surface area contributed by atoms with E-state index < -0.39 is 0 Å².